The molecule has 4 aromatic rings. The molecule has 3 aromatic carbocycles. The molecule has 0 aliphatic heterocycles. The Kier molecular flexibility index (Phi) is 6.44. The summed E-state index contributed by atoms with van der Waals surface area (Å²) in [5.74, 6) is -1.34. The number of halogens is 1. The lowest BCUT2D eigenvalue weighted by atomic mass is 9.88. The molecule has 0 saturated carbocycles. The molecule has 5 rings (SSSR count). The number of hydrogen-bond donors (Lipinski definition) is 2. The Balaban J connectivity index is 1.58. The number of aromatic nitrogens is 2. The number of sulfone groups is 1. The number of hydrogen-bond acceptors (Lipinski definition) is 7. The van der Waals surface area contributed by atoms with Crippen molar-refractivity contribution in [3.05, 3.63) is 98.2 Å². The standard InChI is InChI=1S/C26H20ClN5O6S/c1-39(37,38)17-10-8-16(9-11-17)31-24-19(23(30-31)25(28)33)12-6-14-5-7-15(13-20(14)24)29-26(34)18-3-2-4-21(22(18)27)32(35)36/h2-5,7-11,13H,6,12H2,1H3,(H2,28,33)(H,29,34). The monoisotopic (exact) mass is 565 g/mol. The Hall–Kier alpha value is -4.55. The van der Waals surface area contributed by atoms with E-state index in [-0.39, 0.29) is 26.9 Å². The minimum atomic E-state index is -3.42. The van der Waals surface area contributed by atoms with Crippen molar-refractivity contribution in [3.63, 3.8) is 0 Å². The van der Waals surface area contributed by atoms with Crippen LogP contribution in [0.25, 0.3) is 16.9 Å². The Labute approximate surface area is 227 Å². The summed E-state index contributed by atoms with van der Waals surface area (Å²) in [6.07, 6.45) is 2.19. The van der Waals surface area contributed by atoms with Crippen molar-refractivity contribution in [2.75, 3.05) is 11.6 Å². The van der Waals surface area contributed by atoms with Crippen LogP contribution in [0, 0.1) is 10.1 Å². The molecule has 0 atom stereocenters. The summed E-state index contributed by atoms with van der Waals surface area (Å²) in [5, 5.41) is 18.1. The topological polar surface area (TPSA) is 167 Å². The molecule has 0 fully saturated rings. The van der Waals surface area contributed by atoms with E-state index < -0.39 is 26.6 Å². The van der Waals surface area contributed by atoms with Crippen LogP contribution in [-0.2, 0) is 22.7 Å². The van der Waals surface area contributed by atoms with E-state index in [2.05, 4.69) is 10.4 Å². The van der Waals surface area contributed by atoms with Crippen molar-refractivity contribution in [3.8, 4) is 16.9 Å². The minimum absolute atomic E-state index is 0.0590. The first-order valence-electron chi connectivity index (χ1n) is 11.6. The summed E-state index contributed by atoms with van der Waals surface area (Å²) in [7, 11) is -3.42. The third-order valence-corrected chi connectivity index (χ3v) is 7.94. The molecule has 3 N–H and O–H groups in total. The number of nitrogens with one attached hydrogen (secondary N) is 1. The van der Waals surface area contributed by atoms with E-state index in [9.17, 15) is 28.1 Å². The zero-order valence-corrected chi connectivity index (χ0v) is 21.9. The highest BCUT2D eigenvalue weighted by Crippen LogP contribution is 2.39. The molecular formula is C26H20ClN5O6S. The number of amides is 2. The van der Waals surface area contributed by atoms with Crippen LogP contribution >= 0.6 is 11.6 Å². The highest BCUT2D eigenvalue weighted by molar-refractivity contribution is 7.90. The van der Waals surface area contributed by atoms with Gasteiger partial charge in [-0.1, -0.05) is 23.7 Å². The van der Waals surface area contributed by atoms with Gasteiger partial charge in [-0.15, -0.1) is 0 Å². The number of benzene rings is 3. The Morgan fingerprint density at radius 2 is 1.82 bits per heavy atom. The number of primary amides is 1. The molecule has 0 radical (unpaired) electrons. The summed E-state index contributed by atoms with van der Waals surface area (Å²) < 4.78 is 25.4. The normalized spacial score (nSPS) is 12.4. The third-order valence-electron chi connectivity index (χ3n) is 6.41. The molecule has 1 aliphatic carbocycles. The molecule has 0 unspecified atom stereocenters. The molecule has 0 saturated heterocycles. The van der Waals surface area contributed by atoms with E-state index in [1.54, 1.807) is 24.3 Å². The second kappa shape index (κ2) is 9.64. The fourth-order valence-corrected chi connectivity index (χ4v) is 5.48. The fourth-order valence-electron chi connectivity index (χ4n) is 4.57. The van der Waals surface area contributed by atoms with Crippen LogP contribution in [0.2, 0.25) is 5.02 Å². The second-order valence-corrected chi connectivity index (χ2v) is 11.3. The SMILES string of the molecule is CS(=O)(=O)c1ccc(-n2nc(C(N)=O)c3c2-c2cc(NC(=O)c4cccc([N+](=O)[O-])c4Cl)ccc2CC3)cc1. The number of carbonyl (C=O) groups is 2. The maximum atomic E-state index is 13.0. The van der Waals surface area contributed by atoms with Gasteiger partial charge in [0.05, 0.1) is 26.8 Å². The summed E-state index contributed by atoms with van der Waals surface area (Å²) >= 11 is 6.11. The quantitative estimate of drug-likeness (QED) is 0.263. The Bertz CT molecular complexity index is 1800. The zero-order valence-electron chi connectivity index (χ0n) is 20.3. The molecule has 0 spiro atoms. The molecule has 2 amide bonds. The predicted octanol–water partition coefficient (Wildman–Crippen LogP) is 3.95. The number of nitro benzene ring substituents is 1. The molecule has 39 heavy (non-hydrogen) atoms. The zero-order chi connectivity index (χ0) is 28.1. The van der Waals surface area contributed by atoms with Gasteiger partial charge < -0.3 is 11.1 Å². The average molecular weight is 566 g/mol. The number of nitrogens with zero attached hydrogens (tertiary/aromatic N) is 3. The number of anilines is 1. The van der Waals surface area contributed by atoms with Gasteiger partial charge in [0.2, 0.25) is 0 Å². The number of nitro groups is 1. The van der Waals surface area contributed by atoms with Crippen molar-refractivity contribution >= 4 is 44.6 Å². The lowest BCUT2D eigenvalue weighted by Gasteiger charge is -2.20. The van der Waals surface area contributed by atoms with E-state index >= 15 is 0 Å². The maximum absolute atomic E-state index is 13.0. The van der Waals surface area contributed by atoms with Gasteiger partial charge in [0.25, 0.3) is 17.5 Å². The van der Waals surface area contributed by atoms with Crippen LogP contribution in [0.5, 0.6) is 0 Å². The number of nitrogens with two attached hydrogens (primary N) is 1. The predicted molar refractivity (Wildman–Crippen MR) is 144 cm³/mol. The minimum Gasteiger partial charge on any atom is -0.364 e. The average Bonchev–Trinajstić information content (AvgIpc) is 3.29. The van der Waals surface area contributed by atoms with Crippen LogP contribution in [0.1, 0.15) is 32.0 Å². The van der Waals surface area contributed by atoms with Crippen LogP contribution < -0.4 is 11.1 Å². The number of aryl methyl sites for hydroxylation is 1. The Morgan fingerprint density at radius 3 is 2.46 bits per heavy atom. The molecule has 13 heteroatoms. The van der Waals surface area contributed by atoms with Crippen LogP contribution in [0.3, 0.4) is 0 Å². The summed E-state index contributed by atoms with van der Waals surface area (Å²) in [5.41, 5.74) is 9.01. The van der Waals surface area contributed by atoms with E-state index in [0.717, 1.165) is 11.8 Å². The van der Waals surface area contributed by atoms with Gasteiger partial charge in [-0.2, -0.15) is 5.10 Å². The highest BCUT2D eigenvalue weighted by atomic mass is 35.5. The van der Waals surface area contributed by atoms with Gasteiger partial charge >= 0.3 is 0 Å². The van der Waals surface area contributed by atoms with Gasteiger partial charge in [-0.25, -0.2) is 13.1 Å². The summed E-state index contributed by atoms with van der Waals surface area (Å²) in [6.45, 7) is 0. The first kappa shape index (κ1) is 26.1. The van der Waals surface area contributed by atoms with Gasteiger partial charge in [-0.05, 0) is 60.9 Å². The van der Waals surface area contributed by atoms with Gasteiger partial charge in [0.15, 0.2) is 15.5 Å². The largest absolute Gasteiger partial charge is 0.364 e. The molecule has 1 aliphatic rings. The maximum Gasteiger partial charge on any atom is 0.288 e. The van der Waals surface area contributed by atoms with Crippen molar-refractivity contribution in [1.82, 2.24) is 9.78 Å². The van der Waals surface area contributed by atoms with Crippen molar-refractivity contribution < 1.29 is 22.9 Å². The highest BCUT2D eigenvalue weighted by Gasteiger charge is 2.29. The third kappa shape index (κ3) is 4.75. The van der Waals surface area contributed by atoms with Crippen molar-refractivity contribution in [2.24, 2.45) is 5.73 Å². The lowest BCUT2D eigenvalue weighted by molar-refractivity contribution is -0.384. The smallest absolute Gasteiger partial charge is 0.288 e. The number of fused-ring (bicyclic) bond motifs is 3. The number of rotatable bonds is 6. The van der Waals surface area contributed by atoms with Crippen molar-refractivity contribution in [2.45, 2.75) is 17.7 Å². The number of carbonyl (C=O) groups excluding carboxylic acids is 2. The van der Waals surface area contributed by atoms with E-state index in [1.807, 2.05) is 6.07 Å². The molecular weight excluding hydrogens is 546 g/mol. The van der Waals surface area contributed by atoms with E-state index in [0.29, 0.717) is 41.0 Å². The first-order chi connectivity index (χ1) is 18.5. The van der Waals surface area contributed by atoms with Crippen LogP contribution in [0.15, 0.2) is 65.6 Å². The summed E-state index contributed by atoms with van der Waals surface area (Å²) in [4.78, 5) is 35.9. The molecule has 0 bridgehead atoms. The molecule has 198 valence electrons. The van der Waals surface area contributed by atoms with Gasteiger partial charge in [0.1, 0.15) is 5.02 Å². The van der Waals surface area contributed by atoms with E-state index in [4.69, 9.17) is 17.3 Å². The van der Waals surface area contributed by atoms with E-state index in [1.165, 1.54) is 35.0 Å². The summed E-state index contributed by atoms with van der Waals surface area (Å²) in [6, 6.07) is 15.3. The Morgan fingerprint density at radius 1 is 1.10 bits per heavy atom. The van der Waals surface area contributed by atoms with Crippen LogP contribution in [-0.4, -0.2) is 41.2 Å². The van der Waals surface area contributed by atoms with Crippen LogP contribution in [0.4, 0.5) is 11.4 Å². The molecule has 1 heterocycles. The van der Waals surface area contributed by atoms with Gasteiger partial charge in [-0.3, -0.25) is 19.7 Å². The van der Waals surface area contributed by atoms with Crippen molar-refractivity contribution in [1.29, 1.82) is 0 Å². The molecule has 1 aromatic heterocycles. The van der Waals surface area contributed by atoms with Gasteiger partial charge in [0, 0.05) is 29.1 Å². The fraction of sp³-hybridized carbons (Fsp3) is 0.115. The first-order valence-corrected chi connectivity index (χ1v) is 13.8. The second-order valence-electron chi connectivity index (χ2n) is 8.94. The molecule has 11 nitrogen and oxygen atoms in total. The lowest BCUT2D eigenvalue weighted by Crippen LogP contribution is -2.16.